The number of phenols is 1. The van der Waals surface area contributed by atoms with E-state index in [1.165, 1.54) is 25.7 Å². The number of ether oxygens (including phenoxy) is 1. The second-order valence-electron chi connectivity index (χ2n) is 4.84. The molecule has 3 amide bonds. The molecule has 1 heterocycles. The van der Waals surface area contributed by atoms with Crippen molar-refractivity contribution in [2.75, 3.05) is 13.7 Å². The number of urea groups is 1. The van der Waals surface area contributed by atoms with Crippen molar-refractivity contribution < 1.29 is 23.8 Å². The van der Waals surface area contributed by atoms with E-state index in [1.807, 2.05) is 0 Å². The summed E-state index contributed by atoms with van der Waals surface area (Å²) in [5.41, 5.74) is 2.83. The van der Waals surface area contributed by atoms with Crippen molar-refractivity contribution in [1.29, 1.82) is 0 Å². The minimum absolute atomic E-state index is 0.0346. The van der Waals surface area contributed by atoms with Gasteiger partial charge in [-0.2, -0.15) is 5.10 Å². The van der Waals surface area contributed by atoms with Gasteiger partial charge in [0.2, 0.25) is 0 Å². The summed E-state index contributed by atoms with van der Waals surface area (Å²) in [6, 6.07) is 7.60. The molecule has 132 valence electrons. The quantitative estimate of drug-likeness (QED) is 0.439. The summed E-state index contributed by atoms with van der Waals surface area (Å²) in [4.78, 5) is 23.1. The van der Waals surface area contributed by atoms with E-state index in [-0.39, 0.29) is 18.8 Å². The van der Waals surface area contributed by atoms with Gasteiger partial charge in [0.15, 0.2) is 11.5 Å². The van der Waals surface area contributed by atoms with Crippen molar-refractivity contribution >= 4 is 18.2 Å². The number of nitrogens with zero attached hydrogens (tertiary/aromatic N) is 1. The first-order valence-electron chi connectivity index (χ1n) is 7.31. The van der Waals surface area contributed by atoms with Gasteiger partial charge in [-0.05, 0) is 35.9 Å². The molecule has 0 unspecified atom stereocenters. The smallest absolute Gasteiger partial charge is 0.315 e. The maximum absolute atomic E-state index is 11.6. The summed E-state index contributed by atoms with van der Waals surface area (Å²) in [6.07, 6.45) is 2.86. The Morgan fingerprint density at radius 1 is 1.32 bits per heavy atom. The van der Waals surface area contributed by atoms with Crippen LogP contribution >= 0.6 is 0 Å². The lowest BCUT2D eigenvalue weighted by molar-refractivity contribution is -0.120. The molecule has 0 saturated heterocycles. The lowest BCUT2D eigenvalue weighted by Crippen LogP contribution is -2.40. The van der Waals surface area contributed by atoms with Crippen LogP contribution in [-0.2, 0) is 11.3 Å². The molecule has 9 nitrogen and oxygen atoms in total. The van der Waals surface area contributed by atoms with Gasteiger partial charge >= 0.3 is 6.03 Å². The minimum Gasteiger partial charge on any atom is -0.504 e. The first-order chi connectivity index (χ1) is 12.1. The number of aromatic hydroxyl groups is 1. The van der Waals surface area contributed by atoms with Crippen molar-refractivity contribution in [2.24, 2.45) is 5.10 Å². The average Bonchev–Trinajstić information content (AvgIpc) is 3.12. The molecule has 0 radical (unpaired) electrons. The van der Waals surface area contributed by atoms with Gasteiger partial charge in [0.25, 0.3) is 5.91 Å². The zero-order valence-corrected chi connectivity index (χ0v) is 13.5. The predicted octanol–water partition coefficient (Wildman–Crippen LogP) is 0.943. The molecule has 1 aromatic carbocycles. The fourth-order valence-electron chi connectivity index (χ4n) is 1.81. The SMILES string of the molecule is COc1ccc(/C=N\NC(=O)CNC(=O)NCc2ccco2)cc1O. The Morgan fingerprint density at radius 2 is 2.16 bits per heavy atom. The zero-order chi connectivity index (χ0) is 18.1. The van der Waals surface area contributed by atoms with E-state index in [0.29, 0.717) is 17.1 Å². The Morgan fingerprint density at radius 3 is 2.84 bits per heavy atom. The summed E-state index contributed by atoms with van der Waals surface area (Å²) < 4.78 is 9.99. The minimum atomic E-state index is -0.504. The fourth-order valence-corrected chi connectivity index (χ4v) is 1.81. The van der Waals surface area contributed by atoms with Crippen molar-refractivity contribution in [3.05, 3.63) is 47.9 Å². The molecular weight excluding hydrogens is 328 g/mol. The number of carbonyl (C=O) groups is 2. The number of hydrogen-bond acceptors (Lipinski definition) is 6. The number of benzene rings is 1. The first-order valence-corrected chi connectivity index (χ1v) is 7.31. The molecule has 25 heavy (non-hydrogen) atoms. The van der Waals surface area contributed by atoms with Gasteiger partial charge < -0.3 is 24.9 Å². The summed E-state index contributed by atoms with van der Waals surface area (Å²) >= 11 is 0. The molecule has 0 aliphatic carbocycles. The molecule has 2 rings (SSSR count). The van der Waals surface area contributed by atoms with Gasteiger partial charge in [-0.3, -0.25) is 4.79 Å². The van der Waals surface area contributed by atoms with Crippen molar-refractivity contribution in [3.8, 4) is 11.5 Å². The van der Waals surface area contributed by atoms with Gasteiger partial charge in [-0.15, -0.1) is 0 Å². The Kier molecular flexibility index (Phi) is 6.40. The monoisotopic (exact) mass is 346 g/mol. The highest BCUT2D eigenvalue weighted by Gasteiger charge is 2.05. The first kappa shape index (κ1) is 17.9. The number of amides is 3. The standard InChI is InChI=1S/C16H18N4O5/c1-24-14-5-4-11(7-13(14)21)8-19-20-15(22)10-18-16(23)17-9-12-3-2-6-25-12/h2-8,21H,9-10H2,1H3,(H,20,22)(H2,17,18,23)/b19-8-. The van der Waals surface area contributed by atoms with E-state index < -0.39 is 11.9 Å². The van der Waals surface area contributed by atoms with Crippen LogP contribution < -0.4 is 20.8 Å². The van der Waals surface area contributed by atoms with Crippen molar-refractivity contribution in [1.82, 2.24) is 16.1 Å². The second-order valence-corrected chi connectivity index (χ2v) is 4.84. The average molecular weight is 346 g/mol. The molecule has 1 aromatic heterocycles. The fraction of sp³-hybridized carbons (Fsp3) is 0.188. The third-order valence-electron chi connectivity index (χ3n) is 3.02. The maximum atomic E-state index is 11.6. The van der Waals surface area contributed by atoms with Gasteiger partial charge in [-0.1, -0.05) is 0 Å². The number of hydrogen-bond donors (Lipinski definition) is 4. The number of furan rings is 1. The van der Waals surface area contributed by atoms with Crippen LogP contribution in [0.3, 0.4) is 0 Å². The highest BCUT2D eigenvalue weighted by Crippen LogP contribution is 2.25. The van der Waals surface area contributed by atoms with E-state index in [2.05, 4.69) is 21.2 Å². The van der Waals surface area contributed by atoms with Crippen LogP contribution in [0.25, 0.3) is 0 Å². The van der Waals surface area contributed by atoms with E-state index in [9.17, 15) is 14.7 Å². The Hall–Kier alpha value is -3.49. The normalized spacial score (nSPS) is 10.4. The molecule has 0 aliphatic rings. The number of nitrogens with one attached hydrogen (secondary N) is 3. The molecule has 0 atom stereocenters. The highest BCUT2D eigenvalue weighted by molar-refractivity contribution is 5.86. The van der Waals surface area contributed by atoms with Gasteiger partial charge in [0.1, 0.15) is 12.3 Å². The van der Waals surface area contributed by atoms with E-state index in [4.69, 9.17) is 9.15 Å². The number of methoxy groups -OCH3 is 1. The Labute approximate surface area is 143 Å². The molecule has 2 aromatic rings. The molecule has 9 heteroatoms. The van der Waals surface area contributed by atoms with Crippen LogP contribution in [0.2, 0.25) is 0 Å². The number of phenolic OH excluding ortho intramolecular Hbond substituents is 1. The van der Waals surface area contributed by atoms with E-state index in [0.717, 1.165) is 0 Å². The van der Waals surface area contributed by atoms with Crippen LogP contribution in [0, 0.1) is 0 Å². The summed E-state index contributed by atoms with van der Waals surface area (Å²) in [7, 11) is 1.45. The van der Waals surface area contributed by atoms with Crippen LogP contribution in [0.5, 0.6) is 11.5 Å². The summed E-state index contributed by atoms with van der Waals surface area (Å²) in [6.45, 7) is -0.0191. The van der Waals surface area contributed by atoms with Crippen LogP contribution in [0.4, 0.5) is 4.79 Å². The van der Waals surface area contributed by atoms with Crippen LogP contribution in [0.1, 0.15) is 11.3 Å². The maximum Gasteiger partial charge on any atom is 0.315 e. The predicted molar refractivity (Wildman–Crippen MR) is 89.3 cm³/mol. The zero-order valence-electron chi connectivity index (χ0n) is 13.5. The lowest BCUT2D eigenvalue weighted by atomic mass is 10.2. The van der Waals surface area contributed by atoms with E-state index in [1.54, 1.807) is 24.3 Å². The van der Waals surface area contributed by atoms with Crippen molar-refractivity contribution in [2.45, 2.75) is 6.54 Å². The van der Waals surface area contributed by atoms with Gasteiger partial charge in [-0.25, -0.2) is 10.2 Å². The third-order valence-corrected chi connectivity index (χ3v) is 3.02. The molecule has 4 N–H and O–H groups in total. The van der Waals surface area contributed by atoms with Gasteiger partial charge in [0.05, 0.1) is 26.1 Å². The topological polar surface area (TPSA) is 125 Å². The second kappa shape index (κ2) is 8.96. The Balaban J connectivity index is 1.69. The number of rotatable bonds is 7. The molecule has 0 aliphatic heterocycles. The number of hydrazone groups is 1. The lowest BCUT2D eigenvalue weighted by Gasteiger charge is -2.05. The Bertz CT molecular complexity index is 743. The highest BCUT2D eigenvalue weighted by atomic mass is 16.5. The molecular formula is C16H18N4O5. The molecule has 0 fully saturated rings. The third kappa shape index (κ3) is 5.90. The molecule has 0 bridgehead atoms. The van der Waals surface area contributed by atoms with Crippen LogP contribution in [0.15, 0.2) is 46.1 Å². The largest absolute Gasteiger partial charge is 0.504 e. The molecule has 0 saturated carbocycles. The van der Waals surface area contributed by atoms with E-state index >= 15 is 0 Å². The molecule has 0 spiro atoms. The van der Waals surface area contributed by atoms with Gasteiger partial charge in [0, 0.05) is 0 Å². The summed E-state index contributed by atoms with van der Waals surface area (Å²) in [5, 5.41) is 18.3. The summed E-state index contributed by atoms with van der Waals surface area (Å²) in [5.74, 6) is 0.410. The van der Waals surface area contributed by atoms with Crippen LogP contribution in [-0.4, -0.2) is 36.9 Å². The van der Waals surface area contributed by atoms with Crippen molar-refractivity contribution in [3.63, 3.8) is 0 Å². The number of carbonyl (C=O) groups excluding carboxylic acids is 2.